The zero-order chi connectivity index (χ0) is 35.0. The molecule has 48 heavy (non-hydrogen) atoms. The van der Waals surface area contributed by atoms with Crippen LogP contribution in [0.15, 0.2) is 59.0 Å². The summed E-state index contributed by atoms with van der Waals surface area (Å²) in [5.41, 5.74) is -0.722. The SMILES string of the molecule is CNC(=O)c1c(-c2ccc(Cl)cc2)oc2cc(N(Cc3ccc(B4OC(C)(C)C(C)(C)O4)c(C(F)(F)F)c3)S(C)(=O)=O)c(C3CC3)cc12. The van der Waals surface area contributed by atoms with E-state index >= 15 is 0 Å². The van der Waals surface area contributed by atoms with Crippen molar-refractivity contribution in [1.29, 1.82) is 0 Å². The molecule has 1 aliphatic carbocycles. The second-order valence-corrected chi connectivity index (χ2v) is 15.7. The molecule has 6 rings (SSSR count). The van der Waals surface area contributed by atoms with Crippen LogP contribution in [0.25, 0.3) is 22.3 Å². The number of rotatable bonds is 8. The molecule has 0 unspecified atom stereocenters. The molecule has 1 saturated heterocycles. The molecule has 1 aromatic heterocycles. The Balaban J connectivity index is 1.47. The van der Waals surface area contributed by atoms with Crippen molar-refractivity contribution in [2.75, 3.05) is 17.6 Å². The zero-order valence-corrected chi connectivity index (χ0v) is 28.9. The molecule has 1 N–H and O–H groups in total. The number of hydrogen-bond donors (Lipinski definition) is 1. The van der Waals surface area contributed by atoms with E-state index in [4.69, 9.17) is 25.3 Å². The Kier molecular flexibility index (Phi) is 8.46. The molecule has 254 valence electrons. The molecule has 2 aliphatic rings. The van der Waals surface area contributed by atoms with Crippen LogP contribution in [0.1, 0.15) is 73.5 Å². The molecular weight excluding hydrogens is 668 g/mol. The average molecular weight is 703 g/mol. The first kappa shape index (κ1) is 34.4. The van der Waals surface area contributed by atoms with E-state index in [2.05, 4.69) is 5.32 Å². The van der Waals surface area contributed by atoms with Gasteiger partial charge in [-0.25, -0.2) is 8.42 Å². The quantitative estimate of drug-likeness (QED) is 0.194. The lowest BCUT2D eigenvalue weighted by atomic mass is 9.75. The Labute approximate surface area is 282 Å². The standard InChI is InChI=1S/C34H35BClF3N2O6S/c1-32(2)33(3,4)47-35(46-32)26-14-7-19(15-25(26)34(37,38)39)18-41(48(6,43)44)27-17-28-24(16-23(27)20-8-9-20)29(31(42)40-5)30(45-28)21-10-12-22(36)13-11-21/h7,10-17,20H,8-9,18H2,1-6H3,(H,40,42). The van der Waals surface area contributed by atoms with Gasteiger partial charge in [0.15, 0.2) is 0 Å². The highest BCUT2D eigenvalue weighted by atomic mass is 35.5. The molecule has 0 atom stereocenters. The molecule has 1 amide bonds. The number of nitrogens with one attached hydrogen (secondary N) is 1. The highest BCUT2D eigenvalue weighted by molar-refractivity contribution is 7.92. The third kappa shape index (κ3) is 6.33. The van der Waals surface area contributed by atoms with E-state index in [0.717, 1.165) is 29.5 Å². The lowest BCUT2D eigenvalue weighted by Gasteiger charge is -2.32. The van der Waals surface area contributed by atoms with Crippen LogP contribution in [0.3, 0.4) is 0 Å². The maximum absolute atomic E-state index is 14.5. The van der Waals surface area contributed by atoms with E-state index < -0.39 is 46.0 Å². The van der Waals surface area contributed by atoms with Crippen LogP contribution in [-0.2, 0) is 32.1 Å². The summed E-state index contributed by atoms with van der Waals surface area (Å²) < 4.78 is 89.5. The summed E-state index contributed by atoms with van der Waals surface area (Å²) in [7, 11) is -3.80. The number of carbonyl (C=O) groups is 1. The van der Waals surface area contributed by atoms with Crippen LogP contribution < -0.4 is 15.1 Å². The molecule has 3 aromatic carbocycles. The highest BCUT2D eigenvalue weighted by Crippen LogP contribution is 2.48. The summed E-state index contributed by atoms with van der Waals surface area (Å²) in [6.07, 6.45) is -2.19. The van der Waals surface area contributed by atoms with Crippen LogP contribution in [0.4, 0.5) is 18.9 Å². The number of hydrogen-bond acceptors (Lipinski definition) is 6. The predicted octanol–water partition coefficient (Wildman–Crippen LogP) is 7.27. The summed E-state index contributed by atoms with van der Waals surface area (Å²) in [6.45, 7) is 6.62. The van der Waals surface area contributed by atoms with Crippen molar-refractivity contribution in [3.05, 3.63) is 81.9 Å². The number of benzene rings is 3. The summed E-state index contributed by atoms with van der Waals surface area (Å²) in [5.74, 6) is -0.120. The van der Waals surface area contributed by atoms with Crippen LogP contribution >= 0.6 is 11.6 Å². The van der Waals surface area contributed by atoms with Gasteiger partial charge in [-0.15, -0.1) is 0 Å². The van der Waals surface area contributed by atoms with Gasteiger partial charge in [0.1, 0.15) is 11.3 Å². The van der Waals surface area contributed by atoms with Gasteiger partial charge in [-0.1, -0.05) is 23.7 Å². The normalized spacial score (nSPS) is 17.6. The predicted molar refractivity (Wildman–Crippen MR) is 180 cm³/mol. The van der Waals surface area contributed by atoms with Gasteiger partial charge in [0.2, 0.25) is 10.0 Å². The molecule has 0 spiro atoms. The maximum Gasteiger partial charge on any atom is 0.495 e. The number of fused-ring (bicyclic) bond motifs is 1. The molecule has 1 aliphatic heterocycles. The number of carbonyl (C=O) groups excluding carboxylic acids is 1. The number of sulfonamides is 1. The van der Waals surface area contributed by atoms with Gasteiger partial charge in [0.05, 0.1) is 40.8 Å². The lowest BCUT2D eigenvalue weighted by molar-refractivity contribution is -0.136. The van der Waals surface area contributed by atoms with Gasteiger partial charge in [-0.2, -0.15) is 13.2 Å². The third-order valence-corrected chi connectivity index (χ3v) is 10.7. The number of halogens is 4. The van der Waals surface area contributed by atoms with Crippen LogP contribution in [-0.4, -0.2) is 45.9 Å². The molecule has 8 nitrogen and oxygen atoms in total. The molecule has 0 bridgehead atoms. The number of nitrogens with zero attached hydrogens (tertiary/aromatic N) is 1. The van der Waals surface area contributed by atoms with Crippen molar-refractivity contribution in [1.82, 2.24) is 5.32 Å². The minimum Gasteiger partial charge on any atom is -0.455 e. The number of alkyl halides is 3. The molecule has 4 aromatic rings. The summed E-state index contributed by atoms with van der Waals surface area (Å²) in [4.78, 5) is 13.2. The second-order valence-electron chi connectivity index (χ2n) is 13.4. The van der Waals surface area contributed by atoms with Gasteiger partial charge >= 0.3 is 13.3 Å². The first-order chi connectivity index (χ1) is 22.3. The van der Waals surface area contributed by atoms with Gasteiger partial charge in [0.25, 0.3) is 5.91 Å². The Morgan fingerprint density at radius 3 is 2.19 bits per heavy atom. The Hall–Kier alpha value is -3.52. The van der Waals surface area contributed by atoms with E-state index in [9.17, 15) is 26.4 Å². The summed E-state index contributed by atoms with van der Waals surface area (Å²) >= 11 is 6.09. The Morgan fingerprint density at radius 1 is 1.02 bits per heavy atom. The number of anilines is 1. The second kappa shape index (κ2) is 11.8. The fourth-order valence-electron chi connectivity index (χ4n) is 5.91. The topological polar surface area (TPSA) is 98.1 Å². The lowest BCUT2D eigenvalue weighted by Crippen LogP contribution is -2.41. The van der Waals surface area contributed by atoms with E-state index in [0.29, 0.717) is 21.5 Å². The molecule has 0 radical (unpaired) electrons. The van der Waals surface area contributed by atoms with E-state index in [-0.39, 0.29) is 46.1 Å². The molecule has 1 saturated carbocycles. The van der Waals surface area contributed by atoms with Crippen molar-refractivity contribution in [3.63, 3.8) is 0 Å². The van der Waals surface area contributed by atoms with Gasteiger partial charge in [-0.05, 0) is 99.4 Å². The molecule has 2 heterocycles. The largest absolute Gasteiger partial charge is 0.495 e. The summed E-state index contributed by atoms with van der Waals surface area (Å²) in [5, 5.41) is 3.64. The van der Waals surface area contributed by atoms with Crippen molar-refractivity contribution in [3.8, 4) is 11.3 Å². The smallest absolute Gasteiger partial charge is 0.455 e. The summed E-state index contributed by atoms with van der Waals surface area (Å²) in [6, 6.07) is 13.8. The van der Waals surface area contributed by atoms with Crippen LogP contribution in [0.2, 0.25) is 5.02 Å². The maximum atomic E-state index is 14.5. The third-order valence-electron chi connectivity index (χ3n) is 9.34. The molecule has 2 fully saturated rings. The highest BCUT2D eigenvalue weighted by Gasteiger charge is 2.53. The Bertz CT molecular complexity index is 2010. The number of furan rings is 1. The Morgan fingerprint density at radius 2 is 1.65 bits per heavy atom. The van der Waals surface area contributed by atoms with Crippen LogP contribution in [0, 0.1) is 0 Å². The molecular formula is C34H35BClF3N2O6S. The van der Waals surface area contributed by atoms with Crippen molar-refractivity contribution in [2.45, 2.75) is 70.4 Å². The minimum atomic E-state index is -4.77. The monoisotopic (exact) mass is 702 g/mol. The minimum absolute atomic E-state index is 0.00319. The first-order valence-electron chi connectivity index (χ1n) is 15.4. The fourth-order valence-corrected chi connectivity index (χ4v) is 6.94. The van der Waals surface area contributed by atoms with E-state index in [1.807, 2.05) is 0 Å². The van der Waals surface area contributed by atoms with E-state index in [1.54, 1.807) is 64.1 Å². The average Bonchev–Trinajstić information content (AvgIpc) is 3.73. The van der Waals surface area contributed by atoms with Gasteiger partial charge in [0, 0.05) is 29.1 Å². The van der Waals surface area contributed by atoms with E-state index in [1.165, 1.54) is 19.2 Å². The number of amides is 1. The fraction of sp³-hybridized carbons (Fsp3) is 0.382. The first-order valence-corrected chi connectivity index (χ1v) is 17.6. The van der Waals surface area contributed by atoms with Crippen LogP contribution in [0.5, 0.6) is 0 Å². The van der Waals surface area contributed by atoms with Crippen molar-refractivity contribution >= 4 is 56.8 Å². The van der Waals surface area contributed by atoms with Gasteiger partial charge in [-0.3, -0.25) is 9.10 Å². The molecule has 14 heteroatoms. The van der Waals surface area contributed by atoms with Crippen molar-refractivity contribution in [2.24, 2.45) is 0 Å². The zero-order valence-electron chi connectivity index (χ0n) is 27.3. The van der Waals surface area contributed by atoms with Gasteiger partial charge < -0.3 is 19.0 Å². The van der Waals surface area contributed by atoms with Crippen molar-refractivity contribution < 1.29 is 40.1 Å².